The average molecular weight is 327 g/mol. The Morgan fingerprint density at radius 2 is 2.04 bits per heavy atom. The highest BCUT2D eigenvalue weighted by molar-refractivity contribution is 5.91. The van der Waals surface area contributed by atoms with Gasteiger partial charge in [-0.25, -0.2) is 0 Å². The number of methoxy groups -OCH3 is 1. The van der Waals surface area contributed by atoms with Crippen molar-refractivity contribution in [1.29, 1.82) is 0 Å². The standard InChI is InChI=1S/C19H21NO4/c1-19(14-7-4-3-5-8-14)9-6-10-20(13-19)18(22)16-11-15(21)17(23-2)12-24-16/h3-5,7-8,11-12H,6,9-10,13H2,1-2H3/t19-/m0/s1. The van der Waals surface area contributed by atoms with E-state index in [2.05, 4.69) is 19.1 Å². The van der Waals surface area contributed by atoms with Crippen LogP contribution in [-0.4, -0.2) is 31.0 Å². The predicted octanol–water partition coefficient (Wildman–Crippen LogP) is 2.84. The van der Waals surface area contributed by atoms with Crippen LogP contribution >= 0.6 is 0 Å². The quantitative estimate of drug-likeness (QED) is 0.870. The first kappa shape index (κ1) is 16.3. The second-order valence-electron chi connectivity index (χ2n) is 6.43. The van der Waals surface area contributed by atoms with Crippen LogP contribution in [0.15, 0.2) is 51.9 Å². The van der Waals surface area contributed by atoms with Crippen LogP contribution in [0.1, 0.15) is 35.9 Å². The molecule has 5 heteroatoms. The Balaban J connectivity index is 1.83. The van der Waals surface area contributed by atoms with Crippen molar-refractivity contribution in [2.24, 2.45) is 0 Å². The lowest BCUT2D eigenvalue weighted by molar-refractivity contribution is 0.0615. The Kier molecular flexibility index (Phi) is 4.42. The largest absolute Gasteiger partial charge is 0.490 e. The van der Waals surface area contributed by atoms with Crippen molar-refractivity contribution in [1.82, 2.24) is 4.90 Å². The first-order chi connectivity index (χ1) is 11.5. The number of piperidine rings is 1. The van der Waals surface area contributed by atoms with Gasteiger partial charge in [-0.1, -0.05) is 37.3 Å². The van der Waals surface area contributed by atoms with Crippen LogP contribution in [-0.2, 0) is 5.41 Å². The molecule has 1 atom stereocenters. The van der Waals surface area contributed by atoms with Gasteiger partial charge in [0.15, 0.2) is 5.76 Å². The molecule has 126 valence electrons. The van der Waals surface area contributed by atoms with Crippen LogP contribution in [0.5, 0.6) is 5.75 Å². The molecule has 3 rings (SSSR count). The lowest BCUT2D eigenvalue weighted by Crippen LogP contribution is -2.47. The van der Waals surface area contributed by atoms with Crippen LogP contribution < -0.4 is 10.2 Å². The molecule has 0 saturated carbocycles. The van der Waals surface area contributed by atoms with Gasteiger partial charge in [-0.2, -0.15) is 0 Å². The lowest BCUT2D eigenvalue weighted by Gasteiger charge is -2.40. The molecule has 1 aliphatic rings. The minimum absolute atomic E-state index is 0.0538. The van der Waals surface area contributed by atoms with Crippen LogP contribution in [0.2, 0.25) is 0 Å². The molecule has 1 aliphatic heterocycles. The molecule has 0 unspecified atom stereocenters. The highest BCUT2D eigenvalue weighted by Crippen LogP contribution is 2.34. The molecule has 2 heterocycles. The molecule has 1 fully saturated rings. The van der Waals surface area contributed by atoms with Crippen LogP contribution in [0, 0.1) is 0 Å². The number of nitrogens with zero attached hydrogens (tertiary/aromatic N) is 1. The summed E-state index contributed by atoms with van der Waals surface area (Å²) >= 11 is 0. The number of likely N-dealkylation sites (tertiary alicyclic amines) is 1. The molecule has 24 heavy (non-hydrogen) atoms. The summed E-state index contributed by atoms with van der Waals surface area (Å²) in [6.45, 7) is 3.44. The van der Waals surface area contributed by atoms with Gasteiger partial charge >= 0.3 is 0 Å². The van der Waals surface area contributed by atoms with Crippen molar-refractivity contribution in [3.05, 3.63) is 64.2 Å². The van der Waals surface area contributed by atoms with E-state index in [9.17, 15) is 9.59 Å². The van der Waals surface area contributed by atoms with Crippen LogP contribution in [0.4, 0.5) is 0 Å². The van der Waals surface area contributed by atoms with E-state index < -0.39 is 0 Å². The smallest absolute Gasteiger partial charge is 0.289 e. The van der Waals surface area contributed by atoms with Gasteiger partial charge < -0.3 is 14.1 Å². The van der Waals surface area contributed by atoms with Gasteiger partial charge in [0.25, 0.3) is 5.91 Å². The highest BCUT2D eigenvalue weighted by atomic mass is 16.5. The predicted molar refractivity (Wildman–Crippen MR) is 90.5 cm³/mol. The number of ether oxygens (including phenoxy) is 1. The third-order valence-corrected chi connectivity index (χ3v) is 4.68. The molecular formula is C19H21NO4. The summed E-state index contributed by atoms with van der Waals surface area (Å²) in [5.41, 5.74) is 0.774. The monoisotopic (exact) mass is 327 g/mol. The molecule has 0 N–H and O–H groups in total. The topological polar surface area (TPSA) is 59.8 Å². The molecule has 1 amide bonds. The third-order valence-electron chi connectivity index (χ3n) is 4.68. The summed E-state index contributed by atoms with van der Waals surface area (Å²) in [5, 5.41) is 0. The van der Waals surface area contributed by atoms with Crippen LogP contribution in [0.3, 0.4) is 0 Å². The molecule has 1 aromatic heterocycles. The highest BCUT2D eigenvalue weighted by Gasteiger charge is 2.35. The van der Waals surface area contributed by atoms with E-state index in [4.69, 9.17) is 9.15 Å². The zero-order chi connectivity index (χ0) is 17.2. The van der Waals surface area contributed by atoms with Crippen molar-refractivity contribution < 1.29 is 13.9 Å². The fraction of sp³-hybridized carbons (Fsp3) is 0.368. The summed E-state index contributed by atoms with van der Waals surface area (Å²) in [6.07, 6.45) is 3.13. The van der Waals surface area contributed by atoms with Crippen molar-refractivity contribution in [2.75, 3.05) is 20.2 Å². The summed E-state index contributed by atoms with van der Waals surface area (Å²) in [4.78, 5) is 26.3. The van der Waals surface area contributed by atoms with E-state index in [1.165, 1.54) is 25.0 Å². The molecule has 1 aromatic carbocycles. The number of carbonyl (C=O) groups excluding carboxylic acids is 1. The van der Waals surface area contributed by atoms with Gasteiger partial charge in [0.05, 0.1) is 7.11 Å². The van der Waals surface area contributed by atoms with E-state index >= 15 is 0 Å². The fourth-order valence-electron chi connectivity index (χ4n) is 3.30. The van der Waals surface area contributed by atoms with Crippen LogP contribution in [0.25, 0.3) is 0 Å². The van der Waals surface area contributed by atoms with Crippen molar-refractivity contribution >= 4 is 5.91 Å². The summed E-state index contributed by atoms with van der Waals surface area (Å²) in [5.74, 6) is -0.103. The number of amides is 1. The summed E-state index contributed by atoms with van der Waals surface area (Å²) in [6, 6.07) is 11.4. The van der Waals surface area contributed by atoms with Gasteiger partial charge in [-0.05, 0) is 18.4 Å². The van der Waals surface area contributed by atoms with Gasteiger partial charge in [0.1, 0.15) is 6.26 Å². The zero-order valence-corrected chi connectivity index (χ0v) is 14.0. The number of benzene rings is 1. The molecule has 0 bridgehead atoms. The van der Waals surface area contributed by atoms with Crippen molar-refractivity contribution in [3.63, 3.8) is 0 Å². The maximum Gasteiger partial charge on any atom is 0.289 e. The molecule has 0 aliphatic carbocycles. The number of hydrogen-bond donors (Lipinski definition) is 0. The SMILES string of the molecule is COc1coc(C(=O)N2CCC[C@](C)(c3ccccc3)C2)cc1=O. The van der Waals surface area contributed by atoms with E-state index in [1.807, 2.05) is 18.2 Å². The second kappa shape index (κ2) is 6.51. The number of rotatable bonds is 3. The maximum absolute atomic E-state index is 12.7. The van der Waals surface area contributed by atoms with Crippen molar-refractivity contribution in [3.8, 4) is 5.75 Å². The Morgan fingerprint density at radius 1 is 1.29 bits per heavy atom. The maximum atomic E-state index is 12.7. The third kappa shape index (κ3) is 3.07. The molecule has 1 saturated heterocycles. The summed E-state index contributed by atoms with van der Waals surface area (Å²) in [7, 11) is 1.39. The molecule has 5 nitrogen and oxygen atoms in total. The average Bonchev–Trinajstić information content (AvgIpc) is 2.62. The number of carbonyl (C=O) groups is 1. The van der Waals surface area contributed by atoms with E-state index in [-0.39, 0.29) is 28.3 Å². The Bertz CT molecular complexity index is 783. The van der Waals surface area contributed by atoms with E-state index in [1.54, 1.807) is 4.90 Å². The first-order valence-electron chi connectivity index (χ1n) is 8.05. The Hall–Kier alpha value is -2.56. The lowest BCUT2D eigenvalue weighted by atomic mass is 9.76. The number of hydrogen-bond acceptors (Lipinski definition) is 4. The first-order valence-corrected chi connectivity index (χ1v) is 8.05. The van der Waals surface area contributed by atoms with Gasteiger partial charge in [-0.3, -0.25) is 9.59 Å². The second-order valence-corrected chi connectivity index (χ2v) is 6.43. The van der Waals surface area contributed by atoms with Gasteiger partial charge in [-0.15, -0.1) is 0 Å². The minimum Gasteiger partial charge on any atom is -0.490 e. The zero-order valence-electron chi connectivity index (χ0n) is 14.0. The van der Waals surface area contributed by atoms with E-state index in [0.717, 1.165) is 12.8 Å². The van der Waals surface area contributed by atoms with Crippen molar-refractivity contribution in [2.45, 2.75) is 25.2 Å². The Labute approximate surface area is 140 Å². The molecule has 0 spiro atoms. The van der Waals surface area contributed by atoms with E-state index in [0.29, 0.717) is 13.1 Å². The minimum atomic E-state index is -0.352. The van der Waals surface area contributed by atoms with Gasteiger partial charge in [0.2, 0.25) is 11.2 Å². The molecule has 0 radical (unpaired) electrons. The van der Waals surface area contributed by atoms with Gasteiger partial charge in [0, 0.05) is 24.6 Å². The fourth-order valence-corrected chi connectivity index (χ4v) is 3.30. The summed E-state index contributed by atoms with van der Waals surface area (Å²) < 4.78 is 10.2. The Morgan fingerprint density at radius 3 is 2.71 bits per heavy atom. The molecule has 2 aromatic rings. The molecular weight excluding hydrogens is 306 g/mol. The normalized spacial score (nSPS) is 20.7.